The lowest BCUT2D eigenvalue weighted by molar-refractivity contribution is -0.384. The van der Waals surface area contributed by atoms with Gasteiger partial charge >= 0.3 is 5.97 Å². The van der Waals surface area contributed by atoms with Crippen LogP contribution >= 0.6 is 0 Å². The Bertz CT molecular complexity index is 666. The molecule has 0 amide bonds. The highest BCUT2D eigenvalue weighted by atomic mass is 16.6. The SMILES string of the molecule is O=C(OC1CCC1)c1ccc([N+](=O)[O-])cc1.OCc1ccccc1. The van der Waals surface area contributed by atoms with Gasteiger partial charge in [-0.2, -0.15) is 0 Å². The number of carbonyl (C=O) groups is 1. The van der Waals surface area contributed by atoms with E-state index in [1.165, 1.54) is 24.3 Å². The Labute approximate surface area is 139 Å². The van der Waals surface area contributed by atoms with Crippen LogP contribution in [0, 0.1) is 10.1 Å². The van der Waals surface area contributed by atoms with E-state index in [2.05, 4.69) is 0 Å². The molecule has 24 heavy (non-hydrogen) atoms. The molecule has 0 bridgehead atoms. The Morgan fingerprint density at radius 3 is 2.17 bits per heavy atom. The first kappa shape index (κ1) is 17.6. The van der Waals surface area contributed by atoms with Crippen LogP contribution in [0.5, 0.6) is 0 Å². The number of hydrogen-bond donors (Lipinski definition) is 1. The number of nitro groups is 1. The van der Waals surface area contributed by atoms with Crippen molar-refractivity contribution in [3.63, 3.8) is 0 Å². The number of aliphatic hydroxyl groups is 1. The molecule has 0 saturated heterocycles. The highest BCUT2D eigenvalue weighted by Crippen LogP contribution is 2.23. The van der Waals surface area contributed by atoms with Crippen LogP contribution in [0.2, 0.25) is 0 Å². The van der Waals surface area contributed by atoms with Gasteiger partial charge in [-0.25, -0.2) is 4.79 Å². The molecule has 1 N–H and O–H groups in total. The van der Waals surface area contributed by atoms with E-state index in [4.69, 9.17) is 9.84 Å². The van der Waals surface area contributed by atoms with Gasteiger partial charge in [0, 0.05) is 12.1 Å². The lowest BCUT2D eigenvalue weighted by Gasteiger charge is -2.25. The van der Waals surface area contributed by atoms with Crippen molar-refractivity contribution < 1.29 is 19.6 Å². The van der Waals surface area contributed by atoms with Gasteiger partial charge < -0.3 is 9.84 Å². The second-order valence-electron chi connectivity index (χ2n) is 5.41. The van der Waals surface area contributed by atoms with Crippen molar-refractivity contribution in [3.8, 4) is 0 Å². The molecule has 0 heterocycles. The topological polar surface area (TPSA) is 89.7 Å². The van der Waals surface area contributed by atoms with Gasteiger partial charge in [-0.05, 0) is 37.0 Å². The number of hydrogen-bond acceptors (Lipinski definition) is 5. The van der Waals surface area contributed by atoms with Gasteiger partial charge in [0.15, 0.2) is 0 Å². The number of esters is 1. The monoisotopic (exact) mass is 329 g/mol. The molecule has 1 aliphatic rings. The number of benzene rings is 2. The molecule has 2 aromatic carbocycles. The summed E-state index contributed by atoms with van der Waals surface area (Å²) in [4.78, 5) is 21.4. The molecular weight excluding hydrogens is 310 g/mol. The maximum Gasteiger partial charge on any atom is 0.338 e. The van der Waals surface area contributed by atoms with Crippen molar-refractivity contribution in [2.24, 2.45) is 0 Å². The summed E-state index contributed by atoms with van der Waals surface area (Å²) in [6.45, 7) is 0.140. The van der Waals surface area contributed by atoms with Crippen molar-refractivity contribution >= 4 is 11.7 Å². The zero-order valence-electron chi connectivity index (χ0n) is 13.1. The highest BCUT2D eigenvalue weighted by Gasteiger charge is 2.22. The summed E-state index contributed by atoms with van der Waals surface area (Å²) in [5.41, 5.74) is 1.30. The quantitative estimate of drug-likeness (QED) is 0.527. The first-order chi connectivity index (χ1) is 11.6. The zero-order chi connectivity index (χ0) is 17.4. The Balaban J connectivity index is 0.000000219. The van der Waals surface area contributed by atoms with Gasteiger partial charge in [-0.3, -0.25) is 10.1 Å². The summed E-state index contributed by atoms with van der Waals surface area (Å²) in [6, 6.07) is 15.0. The molecule has 3 rings (SSSR count). The number of carbonyl (C=O) groups excluding carboxylic acids is 1. The zero-order valence-corrected chi connectivity index (χ0v) is 13.1. The number of non-ortho nitro benzene ring substituents is 1. The normalized spacial score (nSPS) is 13.2. The molecule has 0 spiro atoms. The minimum absolute atomic E-state index is 0.0276. The Morgan fingerprint density at radius 2 is 1.75 bits per heavy atom. The minimum Gasteiger partial charge on any atom is -0.459 e. The molecule has 6 heteroatoms. The predicted octanol–water partition coefficient (Wildman–Crippen LogP) is 3.48. The van der Waals surface area contributed by atoms with Gasteiger partial charge in [0.2, 0.25) is 0 Å². The molecule has 126 valence electrons. The molecule has 6 nitrogen and oxygen atoms in total. The maximum absolute atomic E-state index is 11.5. The molecular formula is C18H19NO5. The van der Waals surface area contributed by atoms with Crippen LogP contribution < -0.4 is 0 Å². The van der Waals surface area contributed by atoms with E-state index >= 15 is 0 Å². The lowest BCUT2D eigenvalue weighted by atomic mass is 9.96. The number of ether oxygens (including phenoxy) is 1. The molecule has 0 aliphatic heterocycles. The maximum atomic E-state index is 11.5. The highest BCUT2D eigenvalue weighted by molar-refractivity contribution is 5.89. The van der Waals surface area contributed by atoms with E-state index in [1.807, 2.05) is 30.3 Å². The van der Waals surface area contributed by atoms with Crippen LogP contribution in [0.15, 0.2) is 54.6 Å². The average molecular weight is 329 g/mol. The molecule has 1 aliphatic carbocycles. The second kappa shape index (κ2) is 8.79. The van der Waals surface area contributed by atoms with E-state index in [-0.39, 0.29) is 18.4 Å². The number of rotatable bonds is 4. The number of aliphatic hydroxyl groups excluding tert-OH is 1. The Hall–Kier alpha value is -2.73. The van der Waals surface area contributed by atoms with Crippen LogP contribution in [0.25, 0.3) is 0 Å². The number of nitro benzene ring substituents is 1. The van der Waals surface area contributed by atoms with Crippen molar-refractivity contribution in [2.75, 3.05) is 0 Å². The molecule has 0 aromatic heterocycles. The van der Waals surface area contributed by atoms with Gasteiger partial charge in [0.25, 0.3) is 5.69 Å². The summed E-state index contributed by atoms with van der Waals surface area (Å²) in [5.74, 6) is -0.403. The summed E-state index contributed by atoms with van der Waals surface area (Å²) >= 11 is 0. The summed E-state index contributed by atoms with van der Waals surface area (Å²) in [5, 5.41) is 18.9. The van der Waals surface area contributed by atoms with Gasteiger partial charge in [0.05, 0.1) is 17.1 Å². The van der Waals surface area contributed by atoms with E-state index in [0.29, 0.717) is 5.56 Å². The third-order valence-corrected chi connectivity index (χ3v) is 3.67. The number of nitrogens with zero attached hydrogens (tertiary/aromatic N) is 1. The fourth-order valence-corrected chi connectivity index (χ4v) is 2.01. The predicted molar refractivity (Wildman–Crippen MR) is 88.5 cm³/mol. The molecule has 0 atom stereocenters. The fraction of sp³-hybridized carbons (Fsp3) is 0.278. The van der Waals surface area contributed by atoms with Crippen molar-refractivity contribution in [2.45, 2.75) is 32.0 Å². The summed E-state index contributed by atoms with van der Waals surface area (Å²) < 4.78 is 5.16. The third kappa shape index (κ3) is 5.17. The van der Waals surface area contributed by atoms with Crippen LogP contribution in [-0.2, 0) is 11.3 Å². The molecule has 1 fully saturated rings. The van der Waals surface area contributed by atoms with Gasteiger partial charge in [-0.15, -0.1) is 0 Å². The summed E-state index contributed by atoms with van der Waals surface area (Å²) in [7, 11) is 0. The smallest absolute Gasteiger partial charge is 0.338 e. The van der Waals surface area contributed by atoms with Crippen LogP contribution in [0.3, 0.4) is 0 Å². The second-order valence-corrected chi connectivity index (χ2v) is 5.41. The van der Waals surface area contributed by atoms with Crippen molar-refractivity contribution in [1.82, 2.24) is 0 Å². The standard InChI is InChI=1S/C11H11NO4.C7H8O/c13-11(16-10-2-1-3-10)8-4-6-9(7-5-8)12(14)15;8-6-7-4-2-1-3-5-7/h4-7,10H,1-3H2;1-5,8H,6H2. The van der Waals surface area contributed by atoms with E-state index in [0.717, 1.165) is 24.8 Å². The Morgan fingerprint density at radius 1 is 1.12 bits per heavy atom. The lowest BCUT2D eigenvalue weighted by Crippen LogP contribution is -2.24. The van der Waals surface area contributed by atoms with Crippen LogP contribution in [0.4, 0.5) is 5.69 Å². The first-order valence-corrected chi connectivity index (χ1v) is 7.70. The largest absolute Gasteiger partial charge is 0.459 e. The first-order valence-electron chi connectivity index (χ1n) is 7.70. The molecule has 0 unspecified atom stereocenters. The third-order valence-electron chi connectivity index (χ3n) is 3.67. The van der Waals surface area contributed by atoms with E-state index < -0.39 is 10.9 Å². The molecule has 0 radical (unpaired) electrons. The van der Waals surface area contributed by atoms with Crippen LogP contribution in [-0.4, -0.2) is 22.1 Å². The Kier molecular flexibility index (Phi) is 6.45. The van der Waals surface area contributed by atoms with Crippen molar-refractivity contribution in [3.05, 3.63) is 75.8 Å². The van der Waals surface area contributed by atoms with Crippen LogP contribution in [0.1, 0.15) is 35.2 Å². The minimum atomic E-state index is -0.499. The fourth-order valence-electron chi connectivity index (χ4n) is 2.01. The molecule has 1 saturated carbocycles. The van der Waals surface area contributed by atoms with E-state index in [1.54, 1.807) is 0 Å². The van der Waals surface area contributed by atoms with E-state index in [9.17, 15) is 14.9 Å². The van der Waals surface area contributed by atoms with Gasteiger partial charge in [-0.1, -0.05) is 30.3 Å². The van der Waals surface area contributed by atoms with Crippen molar-refractivity contribution in [1.29, 1.82) is 0 Å². The summed E-state index contributed by atoms with van der Waals surface area (Å²) in [6.07, 6.45) is 2.96. The average Bonchev–Trinajstić information content (AvgIpc) is 2.59. The van der Waals surface area contributed by atoms with Gasteiger partial charge in [0.1, 0.15) is 6.10 Å². The molecule has 2 aromatic rings.